The van der Waals surface area contributed by atoms with Crippen LogP contribution in [0.5, 0.6) is 5.75 Å². The summed E-state index contributed by atoms with van der Waals surface area (Å²) in [6.07, 6.45) is 3.98. The number of halogens is 1. The Kier molecular flexibility index (Phi) is 3.87. The summed E-state index contributed by atoms with van der Waals surface area (Å²) < 4.78 is 11.2. The van der Waals surface area contributed by atoms with Crippen molar-refractivity contribution in [3.8, 4) is 17.2 Å². The van der Waals surface area contributed by atoms with Crippen molar-refractivity contribution in [2.75, 3.05) is 6.61 Å². The molecule has 0 aliphatic heterocycles. The highest BCUT2D eigenvalue weighted by Crippen LogP contribution is 2.41. The molecule has 112 valence electrons. The zero-order valence-corrected chi connectivity index (χ0v) is 12.6. The van der Waals surface area contributed by atoms with E-state index in [1.165, 1.54) is 12.1 Å². The summed E-state index contributed by atoms with van der Waals surface area (Å²) >= 11 is 6.13. The van der Waals surface area contributed by atoms with Gasteiger partial charge in [0.2, 0.25) is 5.82 Å². The summed E-state index contributed by atoms with van der Waals surface area (Å²) in [5.41, 5.74) is 0.0832. The average molecular weight is 309 g/mol. The maximum atomic E-state index is 9.58. The van der Waals surface area contributed by atoms with Crippen LogP contribution in [0.25, 0.3) is 11.5 Å². The van der Waals surface area contributed by atoms with Crippen LogP contribution in [-0.4, -0.2) is 21.9 Å². The number of aromatic nitrogens is 2. The van der Waals surface area contributed by atoms with Gasteiger partial charge >= 0.3 is 0 Å². The maximum Gasteiger partial charge on any atom is 0.259 e. The molecule has 3 rings (SSSR count). The largest absolute Gasteiger partial charge is 0.508 e. The van der Waals surface area contributed by atoms with Crippen LogP contribution in [0, 0.1) is 0 Å². The highest BCUT2D eigenvalue weighted by atomic mass is 35.5. The molecule has 0 amide bonds. The minimum atomic E-state index is -0.445. The second-order valence-electron chi connectivity index (χ2n) is 5.22. The minimum Gasteiger partial charge on any atom is -0.508 e. The molecule has 6 heteroatoms. The third-order valence-corrected chi connectivity index (χ3v) is 4.18. The Hall–Kier alpha value is -1.59. The second-order valence-corrected chi connectivity index (χ2v) is 5.63. The number of hydrogen-bond acceptors (Lipinski definition) is 5. The third kappa shape index (κ3) is 2.63. The lowest BCUT2D eigenvalue weighted by molar-refractivity contribution is -0.0469. The van der Waals surface area contributed by atoms with Crippen molar-refractivity contribution in [2.45, 2.75) is 38.2 Å². The molecule has 0 radical (unpaired) electrons. The first-order valence-electron chi connectivity index (χ1n) is 7.12. The van der Waals surface area contributed by atoms with Crippen molar-refractivity contribution in [2.24, 2.45) is 0 Å². The summed E-state index contributed by atoms with van der Waals surface area (Å²) in [6, 6.07) is 4.63. The van der Waals surface area contributed by atoms with Crippen molar-refractivity contribution in [1.82, 2.24) is 10.1 Å². The Morgan fingerprint density at radius 3 is 2.86 bits per heavy atom. The number of phenols is 1. The number of phenolic OH excluding ortho intramolecular Hbond substituents is 1. The summed E-state index contributed by atoms with van der Waals surface area (Å²) in [5, 5.41) is 14.1. The molecule has 0 atom stereocenters. The van der Waals surface area contributed by atoms with Gasteiger partial charge in [-0.2, -0.15) is 4.98 Å². The van der Waals surface area contributed by atoms with Crippen molar-refractivity contribution in [3.63, 3.8) is 0 Å². The van der Waals surface area contributed by atoms with Gasteiger partial charge in [-0.25, -0.2) is 0 Å². The van der Waals surface area contributed by atoms with Gasteiger partial charge in [0.25, 0.3) is 5.89 Å². The Labute approximate surface area is 127 Å². The molecule has 1 fully saturated rings. The molecule has 2 aromatic rings. The highest BCUT2D eigenvalue weighted by Gasteiger charge is 2.41. The first-order chi connectivity index (χ1) is 10.1. The number of hydrogen-bond donors (Lipinski definition) is 1. The van der Waals surface area contributed by atoms with Crippen LogP contribution in [0.1, 0.15) is 38.4 Å². The lowest BCUT2D eigenvalue weighted by Crippen LogP contribution is -2.27. The molecule has 1 N–H and O–H groups in total. The van der Waals surface area contributed by atoms with Gasteiger partial charge < -0.3 is 14.4 Å². The van der Waals surface area contributed by atoms with E-state index < -0.39 is 5.60 Å². The van der Waals surface area contributed by atoms with E-state index in [1.54, 1.807) is 6.07 Å². The van der Waals surface area contributed by atoms with E-state index >= 15 is 0 Å². The molecule has 0 saturated heterocycles. The van der Waals surface area contributed by atoms with Crippen LogP contribution in [0.2, 0.25) is 5.02 Å². The molecule has 1 aliphatic rings. The van der Waals surface area contributed by atoms with Crippen molar-refractivity contribution >= 4 is 11.6 Å². The Morgan fingerprint density at radius 1 is 1.38 bits per heavy atom. The molecular formula is C15H17ClN2O3. The SMILES string of the molecule is CCOC1(c2noc(-c3cc(O)ccc3Cl)n2)CCCC1. The quantitative estimate of drug-likeness (QED) is 0.927. The molecule has 5 nitrogen and oxygen atoms in total. The molecule has 0 bridgehead atoms. The minimum absolute atomic E-state index is 0.106. The molecule has 1 saturated carbocycles. The summed E-state index contributed by atoms with van der Waals surface area (Å²) in [6.45, 7) is 2.57. The van der Waals surface area contributed by atoms with Gasteiger partial charge in [0.15, 0.2) is 0 Å². The van der Waals surface area contributed by atoms with Gasteiger partial charge in [-0.3, -0.25) is 0 Å². The number of benzene rings is 1. The standard InChI is InChI=1S/C15H17ClN2O3/c1-2-20-15(7-3-4-8-15)14-17-13(21-18-14)11-9-10(19)5-6-12(11)16/h5-6,9,19H,2-4,7-8H2,1H3. The van der Waals surface area contributed by atoms with E-state index in [4.69, 9.17) is 20.9 Å². The lowest BCUT2D eigenvalue weighted by Gasteiger charge is -2.24. The molecule has 0 spiro atoms. The Balaban J connectivity index is 1.97. The number of nitrogens with zero attached hydrogens (tertiary/aromatic N) is 2. The highest BCUT2D eigenvalue weighted by molar-refractivity contribution is 6.33. The van der Waals surface area contributed by atoms with E-state index in [-0.39, 0.29) is 5.75 Å². The fourth-order valence-electron chi connectivity index (χ4n) is 2.85. The summed E-state index contributed by atoms with van der Waals surface area (Å²) in [5.74, 6) is 0.975. The fourth-order valence-corrected chi connectivity index (χ4v) is 3.05. The zero-order valence-electron chi connectivity index (χ0n) is 11.8. The van der Waals surface area contributed by atoms with Crippen LogP contribution < -0.4 is 0 Å². The normalized spacial score (nSPS) is 17.2. The monoisotopic (exact) mass is 308 g/mol. The van der Waals surface area contributed by atoms with Crippen molar-refractivity contribution in [3.05, 3.63) is 29.0 Å². The van der Waals surface area contributed by atoms with Gasteiger partial charge in [0, 0.05) is 6.61 Å². The zero-order chi connectivity index (χ0) is 14.9. The van der Waals surface area contributed by atoms with E-state index in [0.29, 0.717) is 28.9 Å². The molecule has 1 heterocycles. The smallest absolute Gasteiger partial charge is 0.259 e. The number of ether oxygens (including phenoxy) is 1. The molecule has 0 unspecified atom stereocenters. The van der Waals surface area contributed by atoms with Crippen LogP contribution in [-0.2, 0) is 10.3 Å². The Bertz CT molecular complexity index is 636. The van der Waals surface area contributed by atoms with Crippen LogP contribution in [0.3, 0.4) is 0 Å². The average Bonchev–Trinajstić information content (AvgIpc) is 3.11. The molecule has 1 aromatic carbocycles. The number of aromatic hydroxyl groups is 1. The summed E-state index contributed by atoms with van der Waals surface area (Å²) in [7, 11) is 0. The van der Waals surface area contributed by atoms with E-state index in [1.807, 2.05) is 6.92 Å². The maximum absolute atomic E-state index is 9.58. The first-order valence-corrected chi connectivity index (χ1v) is 7.49. The molecular weight excluding hydrogens is 292 g/mol. The predicted octanol–water partition coefficient (Wildman–Crippen LogP) is 3.90. The molecule has 1 aromatic heterocycles. The molecule has 1 aliphatic carbocycles. The topological polar surface area (TPSA) is 68.4 Å². The van der Waals surface area contributed by atoms with Crippen LogP contribution in [0.15, 0.2) is 22.7 Å². The van der Waals surface area contributed by atoms with Crippen molar-refractivity contribution in [1.29, 1.82) is 0 Å². The predicted molar refractivity (Wildman–Crippen MR) is 78.2 cm³/mol. The van der Waals surface area contributed by atoms with Gasteiger partial charge in [-0.15, -0.1) is 0 Å². The summed E-state index contributed by atoms with van der Waals surface area (Å²) in [4.78, 5) is 4.46. The lowest BCUT2D eigenvalue weighted by atomic mass is 10.0. The number of rotatable bonds is 4. The molecule has 21 heavy (non-hydrogen) atoms. The van der Waals surface area contributed by atoms with Gasteiger partial charge in [0.1, 0.15) is 11.4 Å². The Morgan fingerprint density at radius 2 is 2.14 bits per heavy atom. The van der Waals surface area contributed by atoms with E-state index in [9.17, 15) is 5.11 Å². The fraction of sp³-hybridized carbons (Fsp3) is 0.467. The van der Waals surface area contributed by atoms with E-state index in [0.717, 1.165) is 25.7 Å². The second kappa shape index (κ2) is 5.66. The van der Waals surface area contributed by atoms with Crippen LogP contribution in [0.4, 0.5) is 0 Å². The van der Waals surface area contributed by atoms with Gasteiger partial charge in [-0.1, -0.05) is 16.8 Å². The van der Waals surface area contributed by atoms with Crippen molar-refractivity contribution < 1.29 is 14.4 Å². The van der Waals surface area contributed by atoms with Crippen LogP contribution >= 0.6 is 11.6 Å². The third-order valence-electron chi connectivity index (χ3n) is 3.85. The van der Waals surface area contributed by atoms with Gasteiger partial charge in [0.05, 0.1) is 10.6 Å². The van der Waals surface area contributed by atoms with E-state index in [2.05, 4.69) is 10.1 Å². The van der Waals surface area contributed by atoms with Gasteiger partial charge in [-0.05, 0) is 50.8 Å². The first kappa shape index (κ1) is 14.4.